The van der Waals surface area contributed by atoms with Crippen molar-refractivity contribution in [1.82, 2.24) is 9.78 Å². The molecule has 0 unspecified atom stereocenters. The molecular formula is C12H14N2O4S2. The van der Waals surface area contributed by atoms with E-state index in [0.29, 0.717) is 5.69 Å². The Bertz CT molecular complexity index is 702. The minimum absolute atomic E-state index is 0.0483. The molecule has 0 atom stereocenters. The van der Waals surface area contributed by atoms with Gasteiger partial charge in [-0.2, -0.15) is 16.4 Å². The average molecular weight is 314 g/mol. The third-order valence-electron chi connectivity index (χ3n) is 2.86. The van der Waals surface area contributed by atoms with E-state index in [2.05, 4.69) is 5.10 Å². The maximum atomic E-state index is 11.5. The van der Waals surface area contributed by atoms with E-state index < -0.39 is 15.8 Å². The summed E-state index contributed by atoms with van der Waals surface area (Å²) in [6.07, 6.45) is 1.38. The van der Waals surface area contributed by atoms with Crippen molar-refractivity contribution in [1.29, 1.82) is 0 Å². The Balaban J connectivity index is 2.29. The zero-order valence-electron chi connectivity index (χ0n) is 10.8. The molecule has 20 heavy (non-hydrogen) atoms. The predicted molar refractivity (Wildman–Crippen MR) is 76.8 cm³/mol. The highest BCUT2D eigenvalue weighted by atomic mass is 32.2. The molecule has 0 radical (unpaired) electrons. The number of aryl methyl sites for hydroxylation is 1. The highest BCUT2D eigenvalue weighted by molar-refractivity contribution is 7.91. The third-order valence-corrected chi connectivity index (χ3v) is 5.23. The molecule has 0 aliphatic heterocycles. The molecule has 2 rings (SSSR count). The van der Waals surface area contributed by atoms with E-state index >= 15 is 0 Å². The maximum Gasteiger partial charge on any atom is 0.339 e. The Morgan fingerprint density at radius 3 is 2.80 bits per heavy atom. The van der Waals surface area contributed by atoms with E-state index in [1.807, 2.05) is 10.8 Å². The van der Waals surface area contributed by atoms with Gasteiger partial charge in [-0.05, 0) is 11.4 Å². The molecule has 0 saturated carbocycles. The molecule has 0 aromatic carbocycles. The van der Waals surface area contributed by atoms with Crippen molar-refractivity contribution in [2.45, 2.75) is 13.5 Å². The van der Waals surface area contributed by atoms with Gasteiger partial charge in [0.1, 0.15) is 11.3 Å². The number of carbonyl (C=O) groups is 1. The first kappa shape index (κ1) is 14.7. The Hall–Kier alpha value is -1.67. The van der Waals surface area contributed by atoms with Crippen molar-refractivity contribution >= 4 is 27.1 Å². The number of carboxylic acid groups (broad SMARTS) is 1. The van der Waals surface area contributed by atoms with Gasteiger partial charge < -0.3 is 5.11 Å². The fourth-order valence-corrected chi connectivity index (χ4v) is 3.08. The molecule has 2 aromatic heterocycles. The van der Waals surface area contributed by atoms with Gasteiger partial charge in [-0.15, -0.1) is 0 Å². The molecule has 0 amide bonds. The summed E-state index contributed by atoms with van der Waals surface area (Å²) in [6.45, 7) is 1.73. The number of sulfone groups is 1. The van der Waals surface area contributed by atoms with Crippen LogP contribution in [0.5, 0.6) is 0 Å². The summed E-state index contributed by atoms with van der Waals surface area (Å²) in [6, 6.07) is 1.78. The second-order valence-electron chi connectivity index (χ2n) is 4.21. The number of nitrogens with zero attached hydrogens (tertiary/aromatic N) is 2. The third kappa shape index (κ3) is 3.26. The second-order valence-corrected chi connectivity index (χ2v) is 7.46. The molecule has 2 aromatic rings. The van der Waals surface area contributed by atoms with Crippen LogP contribution < -0.4 is 0 Å². The smallest absolute Gasteiger partial charge is 0.339 e. The summed E-state index contributed by atoms with van der Waals surface area (Å²) < 4.78 is 24.3. The number of aromatic carboxylic acids is 1. The fraction of sp³-hybridized carbons (Fsp3) is 0.333. The van der Waals surface area contributed by atoms with Crippen LogP contribution in [-0.2, 0) is 16.4 Å². The normalized spacial score (nSPS) is 11.7. The molecule has 6 nitrogen and oxygen atoms in total. The Morgan fingerprint density at radius 2 is 2.25 bits per heavy atom. The van der Waals surface area contributed by atoms with Gasteiger partial charge in [0.15, 0.2) is 9.84 Å². The molecule has 2 heterocycles. The van der Waals surface area contributed by atoms with Gasteiger partial charge in [0.05, 0.1) is 12.3 Å². The van der Waals surface area contributed by atoms with Gasteiger partial charge in [0.25, 0.3) is 0 Å². The summed E-state index contributed by atoms with van der Waals surface area (Å²) in [4.78, 5) is 11.2. The van der Waals surface area contributed by atoms with Gasteiger partial charge in [-0.25, -0.2) is 13.2 Å². The number of rotatable bonds is 6. The van der Waals surface area contributed by atoms with Crippen LogP contribution in [0.15, 0.2) is 23.0 Å². The van der Waals surface area contributed by atoms with E-state index in [4.69, 9.17) is 0 Å². The number of hydrogen-bond donors (Lipinski definition) is 1. The minimum Gasteiger partial charge on any atom is -0.478 e. The van der Waals surface area contributed by atoms with Crippen LogP contribution in [0.25, 0.3) is 11.3 Å². The maximum absolute atomic E-state index is 11.5. The Labute approximate surface area is 120 Å². The summed E-state index contributed by atoms with van der Waals surface area (Å²) in [5.74, 6) is -1.05. The van der Waals surface area contributed by atoms with E-state index in [-0.39, 0.29) is 23.6 Å². The standard InChI is InChI=1S/C12H14N2O4S2/c1-2-20(17,18)6-4-14-7-10(12(15)16)11(13-14)9-3-5-19-8-9/h3,5,7-8H,2,4,6H2,1H3,(H,15,16). The Kier molecular flexibility index (Phi) is 4.24. The van der Waals surface area contributed by atoms with Gasteiger partial charge in [-0.1, -0.05) is 6.92 Å². The first-order valence-electron chi connectivity index (χ1n) is 5.96. The van der Waals surface area contributed by atoms with Crippen molar-refractivity contribution in [2.24, 2.45) is 0 Å². The van der Waals surface area contributed by atoms with Crippen LogP contribution in [0.1, 0.15) is 17.3 Å². The van der Waals surface area contributed by atoms with Crippen molar-refractivity contribution in [2.75, 3.05) is 11.5 Å². The zero-order valence-corrected chi connectivity index (χ0v) is 12.4. The van der Waals surface area contributed by atoms with E-state index in [1.165, 1.54) is 22.2 Å². The number of aromatic nitrogens is 2. The largest absolute Gasteiger partial charge is 0.478 e. The molecule has 0 saturated heterocycles. The van der Waals surface area contributed by atoms with Crippen molar-refractivity contribution in [3.05, 3.63) is 28.6 Å². The summed E-state index contributed by atoms with van der Waals surface area (Å²) in [5.41, 5.74) is 1.18. The molecule has 0 fully saturated rings. The fourth-order valence-electron chi connectivity index (χ4n) is 1.68. The van der Waals surface area contributed by atoms with Crippen LogP contribution >= 0.6 is 11.3 Å². The SMILES string of the molecule is CCS(=O)(=O)CCn1cc(C(=O)O)c(-c2ccsc2)n1. The van der Waals surface area contributed by atoms with Crippen molar-refractivity contribution < 1.29 is 18.3 Å². The Morgan fingerprint density at radius 1 is 1.50 bits per heavy atom. The minimum atomic E-state index is -3.10. The number of thiophene rings is 1. The van der Waals surface area contributed by atoms with Crippen LogP contribution in [0, 0.1) is 0 Å². The highest BCUT2D eigenvalue weighted by Crippen LogP contribution is 2.24. The van der Waals surface area contributed by atoms with Gasteiger partial charge >= 0.3 is 5.97 Å². The quantitative estimate of drug-likeness (QED) is 0.877. The van der Waals surface area contributed by atoms with Gasteiger partial charge in [0.2, 0.25) is 0 Å². The van der Waals surface area contributed by atoms with E-state index in [0.717, 1.165) is 5.56 Å². The monoisotopic (exact) mass is 314 g/mol. The van der Waals surface area contributed by atoms with Crippen molar-refractivity contribution in [3.63, 3.8) is 0 Å². The lowest BCUT2D eigenvalue weighted by Gasteiger charge is -2.01. The second kappa shape index (κ2) is 5.76. The summed E-state index contributed by atoms with van der Waals surface area (Å²) in [7, 11) is -3.10. The van der Waals surface area contributed by atoms with Gasteiger partial charge in [0, 0.05) is 22.9 Å². The lowest BCUT2D eigenvalue weighted by Crippen LogP contribution is -2.14. The van der Waals surface area contributed by atoms with E-state index in [1.54, 1.807) is 13.0 Å². The molecule has 0 bridgehead atoms. The first-order valence-corrected chi connectivity index (χ1v) is 8.73. The van der Waals surface area contributed by atoms with Crippen LogP contribution in [0.3, 0.4) is 0 Å². The molecule has 1 N–H and O–H groups in total. The first-order chi connectivity index (χ1) is 9.43. The lowest BCUT2D eigenvalue weighted by molar-refractivity contribution is 0.0697. The van der Waals surface area contributed by atoms with Crippen molar-refractivity contribution in [3.8, 4) is 11.3 Å². The molecule has 0 aliphatic rings. The average Bonchev–Trinajstić information content (AvgIpc) is 3.05. The van der Waals surface area contributed by atoms with E-state index in [9.17, 15) is 18.3 Å². The van der Waals surface area contributed by atoms with Gasteiger partial charge in [-0.3, -0.25) is 4.68 Å². The van der Waals surface area contributed by atoms with Crippen LogP contribution in [-0.4, -0.2) is 40.8 Å². The molecular weight excluding hydrogens is 300 g/mol. The van der Waals surface area contributed by atoms with Crippen LogP contribution in [0.2, 0.25) is 0 Å². The summed E-state index contributed by atoms with van der Waals surface area (Å²) in [5, 5.41) is 17.0. The molecule has 0 aliphatic carbocycles. The molecule has 0 spiro atoms. The topological polar surface area (TPSA) is 89.3 Å². The number of hydrogen-bond acceptors (Lipinski definition) is 5. The van der Waals surface area contributed by atoms with Crippen LogP contribution in [0.4, 0.5) is 0 Å². The highest BCUT2D eigenvalue weighted by Gasteiger charge is 2.18. The predicted octanol–water partition coefficient (Wildman–Crippen LogP) is 1.74. The number of carboxylic acids is 1. The lowest BCUT2D eigenvalue weighted by atomic mass is 10.1. The molecule has 108 valence electrons. The molecule has 8 heteroatoms. The zero-order chi connectivity index (χ0) is 14.8. The summed E-state index contributed by atoms with van der Waals surface area (Å²) >= 11 is 1.45.